The lowest BCUT2D eigenvalue weighted by Crippen LogP contribution is -2.20. The standard InChI is InChI=1S/C17H19BrN2/c1-12-9-15(18)5-6-17(12)20-8-7-14(11-20)13-3-2-4-16(19)10-13/h2-6,9-10,14H,7-8,11,19H2,1H3. The van der Waals surface area contributed by atoms with Crippen LogP contribution in [0.4, 0.5) is 11.4 Å². The van der Waals surface area contributed by atoms with Gasteiger partial charge in [-0.25, -0.2) is 0 Å². The molecule has 1 atom stereocenters. The Hall–Kier alpha value is -1.48. The predicted molar refractivity (Wildman–Crippen MR) is 89.3 cm³/mol. The first-order valence-electron chi connectivity index (χ1n) is 7.00. The van der Waals surface area contributed by atoms with Gasteiger partial charge in [-0.3, -0.25) is 0 Å². The summed E-state index contributed by atoms with van der Waals surface area (Å²) in [6.45, 7) is 4.36. The van der Waals surface area contributed by atoms with Crippen LogP contribution in [-0.4, -0.2) is 13.1 Å². The average Bonchev–Trinajstić information content (AvgIpc) is 2.88. The number of rotatable bonds is 2. The summed E-state index contributed by atoms with van der Waals surface area (Å²) in [5.41, 5.74) is 10.8. The number of anilines is 2. The number of halogens is 1. The molecule has 1 fully saturated rings. The maximum Gasteiger partial charge on any atom is 0.0396 e. The molecule has 1 unspecified atom stereocenters. The maximum atomic E-state index is 5.89. The first-order valence-corrected chi connectivity index (χ1v) is 7.79. The van der Waals surface area contributed by atoms with Gasteiger partial charge in [0.2, 0.25) is 0 Å². The lowest BCUT2D eigenvalue weighted by Gasteiger charge is -2.21. The molecule has 0 saturated carbocycles. The van der Waals surface area contributed by atoms with Gasteiger partial charge in [-0.05, 0) is 54.8 Å². The molecule has 1 saturated heterocycles. The van der Waals surface area contributed by atoms with E-state index in [2.05, 4.69) is 64.2 Å². The molecule has 3 rings (SSSR count). The first-order chi connectivity index (χ1) is 9.63. The van der Waals surface area contributed by atoms with Gasteiger partial charge in [0.15, 0.2) is 0 Å². The van der Waals surface area contributed by atoms with Crippen LogP contribution >= 0.6 is 15.9 Å². The number of nitrogens with zero attached hydrogens (tertiary/aromatic N) is 1. The molecule has 1 aliphatic rings. The van der Waals surface area contributed by atoms with Crippen molar-refractivity contribution in [2.75, 3.05) is 23.7 Å². The third-order valence-electron chi connectivity index (χ3n) is 4.07. The van der Waals surface area contributed by atoms with Crippen molar-refractivity contribution in [3.8, 4) is 0 Å². The number of nitrogen functional groups attached to an aromatic ring is 1. The first kappa shape index (κ1) is 13.5. The number of benzene rings is 2. The van der Waals surface area contributed by atoms with Crippen LogP contribution in [0.3, 0.4) is 0 Å². The van der Waals surface area contributed by atoms with Crippen molar-refractivity contribution < 1.29 is 0 Å². The highest BCUT2D eigenvalue weighted by molar-refractivity contribution is 9.10. The van der Waals surface area contributed by atoms with E-state index >= 15 is 0 Å². The van der Waals surface area contributed by atoms with E-state index in [4.69, 9.17) is 5.73 Å². The Labute approximate surface area is 128 Å². The normalized spacial score (nSPS) is 18.5. The average molecular weight is 331 g/mol. The Morgan fingerprint density at radius 1 is 1.20 bits per heavy atom. The van der Waals surface area contributed by atoms with Crippen LogP contribution in [-0.2, 0) is 0 Å². The smallest absolute Gasteiger partial charge is 0.0396 e. The molecular weight excluding hydrogens is 312 g/mol. The molecule has 1 aliphatic heterocycles. The van der Waals surface area contributed by atoms with Crippen LogP contribution in [0.1, 0.15) is 23.5 Å². The molecule has 2 aromatic carbocycles. The van der Waals surface area contributed by atoms with Crippen molar-refractivity contribution in [3.05, 3.63) is 58.1 Å². The lowest BCUT2D eigenvalue weighted by molar-refractivity contribution is 0.775. The summed E-state index contributed by atoms with van der Waals surface area (Å²) in [7, 11) is 0. The topological polar surface area (TPSA) is 29.3 Å². The van der Waals surface area contributed by atoms with Gasteiger partial charge in [0.1, 0.15) is 0 Å². The van der Waals surface area contributed by atoms with Crippen molar-refractivity contribution in [2.45, 2.75) is 19.3 Å². The van der Waals surface area contributed by atoms with Crippen molar-refractivity contribution >= 4 is 27.3 Å². The van der Waals surface area contributed by atoms with E-state index in [-0.39, 0.29) is 0 Å². The number of hydrogen-bond donors (Lipinski definition) is 1. The van der Waals surface area contributed by atoms with Gasteiger partial charge < -0.3 is 10.6 Å². The van der Waals surface area contributed by atoms with Gasteiger partial charge in [0.25, 0.3) is 0 Å². The monoisotopic (exact) mass is 330 g/mol. The minimum Gasteiger partial charge on any atom is -0.399 e. The summed E-state index contributed by atoms with van der Waals surface area (Å²) in [6.07, 6.45) is 1.19. The molecule has 20 heavy (non-hydrogen) atoms. The highest BCUT2D eigenvalue weighted by Gasteiger charge is 2.24. The van der Waals surface area contributed by atoms with E-state index in [0.717, 1.165) is 23.2 Å². The van der Waals surface area contributed by atoms with Crippen LogP contribution in [0.5, 0.6) is 0 Å². The van der Waals surface area contributed by atoms with Crippen molar-refractivity contribution in [2.24, 2.45) is 0 Å². The van der Waals surface area contributed by atoms with Crippen molar-refractivity contribution in [1.29, 1.82) is 0 Å². The molecule has 0 amide bonds. The van der Waals surface area contributed by atoms with E-state index in [1.165, 1.54) is 23.2 Å². The Kier molecular flexibility index (Phi) is 3.70. The van der Waals surface area contributed by atoms with E-state index < -0.39 is 0 Å². The highest BCUT2D eigenvalue weighted by atomic mass is 79.9. The summed E-state index contributed by atoms with van der Waals surface area (Å²) >= 11 is 3.53. The molecule has 104 valence electrons. The zero-order valence-corrected chi connectivity index (χ0v) is 13.2. The van der Waals surface area contributed by atoms with Gasteiger partial charge in [-0.2, -0.15) is 0 Å². The second-order valence-corrected chi connectivity index (χ2v) is 6.45. The Morgan fingerprint density at radius 3 is 2.80 bits per heavy atom. The van der Waals surface area contributed by atoms with Crippen molar-refractivity contribution in [1.82, 2.24) is 0 Å². The number of aryl methyl sites for hydroxylation is 1. The quantitative estimate of drug-likeness (QED) is 0.830. The minimum absolute atomic E-state index is 0.585. The van der Waals surface area contributed by atoms with E-state index in [1.54, 1.807) is 0 Å². The van der Waals surface area contributed by atoms with Gasteiger partial charge in [0.05, 0.1) is 0 Å². The maximum absolute atomic E-state index is 5.89. The molecule has 1 heterocycles. The number of nitrogens with two attached hydrogens (primary N) is 1. The fraction of sp³-hybridized carbons (Fsp3) is 0.294. The fourth-order valence-electron chi connectivity index (χ4n) is 3.04. The Morgan fingerprint density at radius 2 is 2.05 bits per heavy atom. The zero-order valence-electron chi connectivity index (χ0n) is 11.6. The molecular formula is C17H19BrN2. The zero-order chi connectivity index (χ0) is 14.1. The molecule has 3 heteroatoms. The third kappa shape index (κ3) is 2.68. The summed E-state index contributed by atoms with van der Waals surface area (Å²) in [6, 6.07) is 14.8. The van der Waals surface area contributed by atoms with E-state index in [0.29, 0.717) is 5.92 Å². The molecule has 2 N–H and O–H groups in total. The molecule has 2 aromatic rings. The molecule has 0 radical (unpaired) electrons. The van der Waals surface area contributed by atoms with Crippen molar-refractivity contribution in [3.63, 3.8) is 0 Å². The van der Waals surface area contributed by atoms with Crippen LogP contribution in [0.15, 0.2) is 46.9 Å². The summed E-state index contributed by atoms with van der Waals surface area (Å²) < 4.78 is 1.14. The third-order valence-corrected chi connectivity index (χ3v) is 4.56. The van der Waals surface area contributed by atoms with Crippen LogP contribution in [0.2, 0.25) is 0 Å². The van der Waals surface area contributed by atoms with Gasteiger partial charge in [-0.15, -0.1) is 0 Å². The van der Waals surface area contributed by atoms with E-state index in [1.807, 2.05) is 6.07 Å². The predicted octanol–water partition coefficient (Wildman–Crippen LogP) is 4.33. The number of hydrogen-bond acceptors (Lipinski definition) is 2. The van der Waals surface area contributed by atoms with Gasteiger partial charge in [-0.1, -0.05) is 28.1 Å². The van der Waals surface area contributed by atoms with E-state index in [9.17, 15) is 0 Å². The molecule has 0 aliphatic carbocycles. The Bertz CT molecular complexity index is 624. The Balaban J connectivity index is 1.79. The summed E-state index contributed by atoms with van der Waals surface area (Å²) in [5, 5.41) is 0. The minimum atomic E-state index is 0.585. The van der Waals surface area contributed by atoms with Gasteiger partial charge >= 0.3 is 0 Å². The van der Waals surface area contributed by atoms with Crippen LogP contribution in [0, 0.1) is 6.92 Å². The second kappa shape index (κ2) is 5.49. The summed E-state index contributed by atoms with van der Waals surface area (Å²) in [5.74, 6) is 0.585. The highest BCUT2D eigenvalue weighted by Crippen LogP contribution is 2.33. The molecule has 0 spiro atoms. The van der Waals surface area contributed by atoms with Gasteiger partial charge in [0, 0.05) is 34.9 Å². The summed E-state index contributed by atoms with van der Waals surface area (Å²) in [4.78, 5) is 2.48. The molecule has 2 nitrogen and oxygen atoms in total. The van der Waals surface area contributed by atoms with Crippen LogP contribution in [0.25, 0.3) is 0 Å². The molecule has 0 bridgehead atoms. The largest absolute Gasteiger partial charge is 0.399 e. The SMILES string of the molecule is Cc1cc(Br)ccc1N1CCC(c2cccc(N)c2)C1. The van der Waals surface area contributed by atoms with Crippen LogP contribution < -0.4 is 10.6 Å². The second-order valence-electron chi connectivity index (χ2n) is 5.53. The lowest BCUT2D eigenvalue weighted by atomic mass is 9.98. The fourth-order valence-corrected chi connectivity index (χ4v) is 3.51. The molecule has 0 aromatic heterocycles.